The molecule has 2 unspecified atom stereocenters. The molecule has 1 rings (SSSR count). The summed E-state index contributed by atoms with van der Waals surface area (Å²) < 4.78 is 0. The minimum Gasteiger partial charge on any atom is -0.298 e. The minimum atomic E-state index is 0.187. The highest BCUT2D eigenvalue weighted by molar-refractivity contribution is 8.07. The number of terminal acetylenes is 1. The quantitative estimate of drug-likeness (QED) is 0.671. The monoisotopic (exact) mass is 214 g/mol. The van der Waals surface area contributed by atoms with Crippen LogP contribution in [0.4, 0.5) is 0 Å². The van der Waals surface area contributed by atoms with Crippen LogP contribution in [0.15, 0.2) is 0 Å². The van der Waals surface area contributed by atoms with E-state index in [1.807, 2.05) is 11.8 Å². The molecule has 1 aliphatic heterocycles. The van der Waals surface area contributed by atoms with Crippen LogP contribution in [0.2, 0.25) is 0 Å². The molecule has 2 atom stereocenters. The highest BCUT2D eigenvalue weighted by atomic mass is 32.2. The predicted molar refractivity (Wildman–Crippen MR) is 61.2 cm³/mol. The topological polar surface area (TPSA) is 17.1 Å². The first kappa shape index (κ1) is 11.0. The van der Waals surface area contributed by atoms with Gasteiger partial charge in [-0.05, 0) is 0 Å². The molecule has 0 radical (unpaired) electrons. The molecule has 1 heterocycles. The average molecular weight is 214 g/mol. The van der Waals surface area contributed by atoms with Crippen molar-refractivity contribution in [2.24, 2.45) is 0 Å². The van der Waals surface area contributed by atoms with Gasteiger partial charge in [-0.3, -0.25) is 4.79 Å². The molecule has 1 saturated heterocycles. The molecule has 13 heavy (non-hydrogen) atoms. The van der Waals surface area contributed by atoms with Crippen LogP contribution in [0.5, 0.6) is 0 Å². The molecule has 0 spiro atoms. The van der Waals surface area contributed by atoms with Gasteiger partial charge < -0.3 is 0 Å². The Labute approximate surface area is 88.4 Å². The maximum Gasteiger partial charge on any atom is 0.147 e. The van der Waals surface area contributed by atoms with Crippen molar-refractivity contribution >= 4 is 29.3 Å². The molecule has 0 aliphatic carbocycles. The van der Waals surface area contributed by atoms with E-state index in [4.69, 9.17) is 6.42 Å². The average Bonchev–Trinajstić information content (AvgIpc) is 2.15. The highest BCUT2D eigenvalue weighted by Crippen LogP contribution is 2.32. The zero-order valence-electron chi connectivity index (χ0n) is 7.79. The van der Waals surface area contributed by atoms with Gasteiger partial charge in [-0.15, -0.1) is 24.1 Å². The number of carbonyl (C=O) groups excluding carboxylic acids is 1. The minimum absolute atomic E-state index is 0.187. The number of hydrogen-bond acceptors (Lipinski definition) is 3. The van der Waals surface area contributed by atoms with E-state index in [2.05, 4.69) is 12.8 Å². The van der Waals surface area contributed by atoms with Crippen LogP contribution >= 0.6 is 23.5 Å². The third-order valence-corrected chi connectivity index (χ3v) is 5.16. The van der Waals surface area contributed by atoms with Crippen molar-refractivity contribution in [1.29, 1.82) is 0 Å². The van der Waals surface area contributed by atoms with Crippen LogP contribution < -0.4 is 0 Å². The Hall–Kier alpha value is -0.0700. The van der Waals surface area contributed by atoms with Crippen LogP contribution in [-0.4, -0.2) is 27.8 Å². The number of rotatable bonds is 3. The van der Waals surface area contributed by atoms with Crippen molar-refractivity contribution in [1.82, 2.24) is 0 Å². The SMILES string of the molecule is C#CCCC(=O)C1SCCSC1C. The Kier molecular flexibility index (Phi) is 4.76. The summed E-state index contributed by atoms with van der Waals surface area (Å²) in [6.45, 7) is 2.13. The number of carbonyl (C=O) groups is 1. The van der Waals surface area contributed by atoms with Crippen LogP contribution in [0, 0.1) is 12.3 Å². The molecule has 0 aromatic carbocycles. The normalized spacial score (nSPS) is 28.0. The molecule has 0 amide bonds. The molecule has 0 bridgehead atoms. The van der Waals surface area contributed by atoms with Gasteiger partial charge in [0.1, 0.15) is 5.78 Å². The molecule has 0 saturated carbocycles. The van der Waals surface area contributed by atoms with Crippen molar-refractivity contribution < 1.29 is 4.79 Å². The van der Waals surface area contributed by atoms with Gasteiger partial charge >= 0.3 is 0 Å². The Balaban J connectivity index is 2.40. The second kappa shape index (κ2) is 5.62. The van der Waals surface area contributed by atoms with Crippen LogP contribution in [0.1, 0.15) is 19.8 Å². The zero-order valence-corrected chi connectivity index (χ0v) is 9.42. The van der Waals surface area contributed by atoms with E-state index in [-0.39, 0.29) is 5.25 Å². The van der Waals surface area contributed by atoms with Gasteiger partial charge in [0.15, 0.2) is 0 Å². The van der Waals surface area contributed by atoms with Gasteiger partial charge in [0.25, 0.3) is 0 Å². The van der Waals surface area contributed by atoms with Crippen LogP contribution in [0.3, 0.4) is 0 Å². The predicted octanol–water partition coefficient (Wildman–Crippen LogP) is 2.21. The summed E-state index contributed by atoms with van der Waals surface area (Å²) in [6.07, 6.45) is 6.27. The van der Waals surface area contributed by atoms with Crippen molar-refractivity contribution in [3.05, 3.63) is 0 Å². The summed E-state index contributed by atoms with van der Waals surface area (Å²) in [7, 11) is 0. The van der Waals surface area contributed by atoms with Gasteiger partial charge in [-0.1, -0.05) is 6.92 Å². The summed E-state index contributed by atoms with van der Waals surface area (Å²) in [6, 6.07) is 0. The van der Waals surface area contributed by atoms with Gasteiger partial charge in [-0.25, -0.2) is 0 Å². The lowest BCUT2D eigenvalue weighted by Crippen LogP contribution is -2.30. The molecule has 0 N–H and O–H groups in total. The van der Waals surface area contributed by atoms with E-state index >= 15 is 0 Å². The summed E-state index contributed by atoms with van der Waals surface area (Å²) in [4.78, 5) is 11.6. The van der Waals surface area contributed by atoms with E-state index in [1.54, 1.807) is 11.8 Å². The molecule has 1 fully saturated rings. The molecular weight excluding hydrogens is 200 g/mol. The van der Waals surface area contributed by atoms with Crippen LogP contribution in [-0.2, 0) is 4.79 Å². The van der Waals surface area contributed by atoms with E-state index in [0.29, 0.717) is 23.9 Å². The number of thioether (sulfide) groups is 2. The number of ketones is 1. The Bertz CT molecular complexity index is 219. The maximum atomic E-state index is 11.6. The second-order valence-electron chi connectivity index (χ2n) is 3.04. The van der Waals surface area contributed by atoms with Crippen LogP contribution in [0.25, 0.3) is 0 Å². The third-order valence-electron chi connectivity index (χ3n) is 2.02. The fourth-order valence-corrected chi connectivity index (χ4v) is 4.09. The fourth-order valence-electron chi connectivity index (χ4n) is 1.32. The first-order valence-electron chi connectivity index (χ1n) is 4.45. The Morgan fingerprint density at radius 2 is 2.23 bits per heavy atom. The van der Waals surface area contributed by atoms with E-state index in [9.17, 15) is 4.79 Å². The molecule has 72 valence electrons. The lowest BCUT2D eigenvalue weighted by Gasteiger charge is -2.26. The van der Waals surface area contributed by atoms with E-state index in [0.717, 1.165) is 5.75 Å². The number of Topliss-reactive ketones (excluding diaryl/α,β-unsaturated/α-hetero) is 1. The first-order chi connectivity index (χ1) is 6.25. The van der Waals surface area contributed by atoms with Crippen molar-refractivity contribution in [3.8, 4) is 12.3 Å². The fraction of sp³-hybridized carbons (Fsp3) is 0.700. The van der Waals surface area contributed by atoms with Gasteiger partial charge in [0.2, 0.25) is 0 Å². The number of hydrogen-bond donors (Lipinski definition) is 0. The summed E-state index contributed by atoms with van der Waals surface area (Å²) in [5.41, 5.74) is 0. The van der Waals surface area contributed by atoms with Crippen molar-refractivity contribution in [2.45, 2.75) is 30.3 Å². The second-order valence-corrected chi connectivity index (χ2v) is 5.77. The molecule has 0 aromatic heterocycles. The molecular formula is C10H14OS2. The highest BCUT2D eigenvalue weighted by Gasteiger charge is 2.27. The third kappa shape index (κ3) is 3.28. The first-order valence-corrected chi connectivity index (χ1v) is 6.55. The molecule has 0 aromatic rings. The van der Waals surface area contributed by atoms with E-state index in [1.165, 1.54) is 5.75 Å². The Morgan fingerprint density at radius 1 is 1.54 bits per heavy atom. The summed E-state index contributed by atoms with van der Waals surface area (Å²) in [5.74, 6) is 5.12. The van der Waals surface area contributed by atoms with E-state index < -0.39 is 0 Å². The zero-order chi connectivity index (χ0) is 9.68. The van der Waals surface area contributed by atoms with Gasteiger partial charge in [-0.2, -0.15) is 11.8 Å². The lowest BCUT2D eigenvalue weighted by molar-refractivity contribution is -0.118. The standard InChI is InChI=1S/C10H14OS2/c1-3-4-5-9(11)10-8(2)12-6-7-13-10/h1,8,10H,4-7H2,2H3. The van der Waals surface area contributed by atoms with Gasteiger partial charge in [0.05, 0.1) is 5.25 Å². The summed E-state index contributed by atoms with van der Waals surface area (Å²) >= 11 is 3.69. The molecule has 3 heteroatoms. The summed E-state index contributed by atoms with van der Waals surface area (Å²) in [5, 5.41) is 0.649. The maximum absolute atomic E-state index is 11.6. The van der Waals surface area contributed by atoms with Crippen molar-refractivity contribution in [2.75, 3.05) is 11.5 Å². The molecule has 1 aliphatic rings. The Morgan fingerprint density at radius 3 is 2.85 bits per heavy atom. The largest absolute Gasteiger partial charge is 0.298 e. The molecule has 1 nitrogen and oxygen atoms in total. The smallest absolute Gasteiger partial charge is 0.147 e. The van der Waals surface area contributed by atoms with Gasteiger partial charge in [0, 0.05) is 29.6 Å². The van der Waals surface area contributed by atoms with Crippen molar-refractivity contribution in [3.63, 3.8) is 0 Å². The lowest BCUT2D eigenvalue weighted by atomic mass is 10.1.